The minimum atomic E-state index is -0.175. The molecular formula is C25H37FO. The molecule has 0 bridgehead atoms. The molecule has 1 heterocycles. The smallest absolute Gasteiger partial charge is 0.126 e. The van der Waals surface area contributed by atoms with Crippen molar-refractivity contribution in [3.63, 3.8) is 0 Å². The van der Waals surface area contributed by atoms with Crippen molar-refractivity contribution in [1.29, 1.82) is 0 Å². The molecule has 27 heavy (non-hydrogen) atoms. The van der Waals surface area contributed by atoms with Crippen LogP contribution in [0.2, 0.25) is 0 Å². The number of halogens is 1. The fourth-order valence-electron chi connectivity index (χ4n) is 5.89. The van der Waals surface area contributed by atoms with Gasteiger partial charge < -0.3 is 4.74 Å². The molecule has 0 radical (unpaired) electrons. The van der Waals surface area contributed by atoms with Gasteiger partial charge >= 0.3 is 0 Å². The Balaban J connectivity index is 1.15. The number of hydrogen-bond acceptors (Lipinski definition) is 1. The van der Waals surface area contributed by atoms with E-state index in [2.05, 4.69) is 0 Å². The Morgan fingerprint density at radius 3 is 2.26 bits per heavy atom. The first kappa shape index (κ1) is 19.3. The maximum absolute atomic E-state index is 13.5. The molecule has 0 aromatic heterocycles. The largest absolute Gasteiger partial charge is 0.490 e. The molecule has 1 nitrogen and oxygen atoms in total. The molecule has 1 aliphatic heterocycles. The highest BCUT2D eigenvalue weighted by Crippen LogP contribution is 2.39. The molecule has 0 amide bonds. The molecule has 2 fully saturated rings. The van der Waals surface area contributed by atoms with E-state index in [0.717, 1.165) is 30.4 Å². The van der Waals surface area contributed by atoms with E-state index in [4.69, 9.17) is 4.74 Å². The van der Waals surface area contributed by atoms with Crippen molar-refractivity contribution in [2.45, 2.75) is 102 Å². The number of aryl methyl sites for hydroxylation is 1. The third kappa shape index (κ3) is 5.27. The third-order valence-electron chi connectivity index (χ3n) is 7.62. The van der Waals surface area contributed by atoms with Crippen LogP contribution in [-0.2, 0) is 6.42 Å². The van der Waals surface area contributed by atoms with E-state index >= 15 is 0 Å². The average Bonchev–Trinajstić information content (AvgIpc) is 2.72. The van der Waals surface area contributed by atoms with Gasteiger partial charge in [-0.2, -0.15) is 0 Å². The summed E-state index contributed by atoms with van der Waals surface area (Å²) in [5.74, 6) is 3.30. The summed E-state index contributed by atoms with van der Waals surface area (Å²) in [4.78, 5) is 0. The molecule has 0 N–H and O–H groups in total. The predicted octanol–water partition coefficient (Wildman–Crippen LogP) is 7.47. The lowest BCUT2D eigenvalue weighted by Crippen LogP contribution is -2.33. The van der Waals surface area contributed by atoms with E-state index in [-0.39, 0.29) is 5.82 Å². The molecule has 150 valence electrons. The summed E-state index contributed by atoms with van der Waals surface area (Å²) in [6.45, 7) is 0. The van der Waals surface area contributed by atoms with Crippen LogP contribution in [0.5, 0.6) is 5.75 Å². The zero-order valence-electron chi connectivity index (χ0n) is 16.9. The quantitative estimate of drug-likeness (QED) is 0.471. The molecule has 0 spiro atoms. The summed E-state index contributed by atoms with van der Waals surface area (Å²) in [7, 11) is 0. The van der Waals surface area contributed by atoms with Gasteiger partial charge in [-0.05, 0) is 55.1 Å². The molecule has 1 unspecified atom stereocenters. The highest BCUT2D eigenvalue weighted by molar-refractivity contribution is 5.36. The van der Waals surface area contributed by atoms with Crippen molar-refractivity contribution >= 4 is 0 Å². The number of unbranched alkanes of at least 4 members (excludes halogenated alkanes) is 1. The minimum Gasteiger partial charge on any atom is -0.490 e. The number of benzene rings is 1. The van der Waals surface area contributed by atoms with Gasteiger partial charge in [-0.1, -0.05) is 76.7 Å². The van der Waals surface area contributed by atoms with E-state index in [1.54, 1.807) is 12.1 Å². The summed E-state index contributed by atoms with van der Waals surface area (Å²) in [6.07, 6.45) is 21.1. The molecule has 2 heteroatoms. The van der Waals surface area contributed by atoms with Crippen LogP contribution < -0.4 is 4.74 Å². The highest BCUT2D eigenvalue weighted by Gasteiger charge is 2.31. The molecule has 2 aliphatic carbocycles. The normalized spacial score (nSPS) is 29.1. The molecule has 3 aliphatic rings. The average molecular weight is 373 g/mol. The molecule has 1 atom stereocenters. The maximum atomic E-state index is 13.5. The van der Waals surface area contributed by atoms with Crippen LogP contribution in [0.4, 0.5) is 4.39 Å². The Labute approximate surface area is 165 Å². The maximum Gasteiger partial charge on any atom is 0.126 e. The fourth-order valence-corrected chi connectivity index (χ4v) is 5.89. The van der Waals surface area contributed by atoms with Gasteiger partial charge in [0.1, 0.15) is 17.7 Å². The number of hydrogen-bond donors (Lipinski definition) is 0. The van der Waals surface area contributed by atoms with Gasteiger partial charge in [0.05, 0.1) is 0 Å². The molecule has 0 saturated heterocycles. The monoisotopic (exact) mass is 372 g/mol. The lowest BCUT2D eigenvalue weighted by atomic mass is 9.76. The van der Waals surface area contributed by atoms with Gasteiger partial charge in [-0.25, -0.2) is 4.39 Å². The number of rotatable bonds is 6. The first-order valence-corrected chi connectivity index (χ1v) is 11.7. The van der Waals surface area contributed by atoms with Crippen molar-refractivity contribution in [1.82, 2.24) is 0 Å². The first-order valence-electron chi connectivity index (χ1n) is 11.7. The van der Waals surface area contributed by atoms with Gasteiger partial charge in [0.25, 0.3) is 0 Å². The molecule has 4 rings (SSSR count). The number of fused-ring (bicyclic) bond motifs is 1. The lowest BCUT2D eigenvalue weighted by Gasteiger charge is -2.36. The summed E-state index contributed by atoms with van der Waals surface area (Å²) in [6, 6.07) is 5.03. The van der Waals surface area contributed by atoms with Crippen LogP contribution in [-0.4, -0.2) is 6.10 Å². The summed E-state index contributed by atoms with van der Waals surface area (Å²) in [5, 5.41) is 0. The van der Waals surface area contributed by atoms with Crippen LogP contribution >= 0.6 is 0 Å². The van der Waals surface area contributed by atoms with Crippen molar-refractivity contribution in [2.75, 3.05) is 0 Å². The fraction of sp³-hybridized carbons (Fsp3) is 0.760. The Morgan fingerprint density at radius 1 is 0.815 bits per heavy atom. The van der Waals surface area contributed by atoms with Crippen molar-refractivity contribution in [2.24, 2.45) is 17.8 Å². The zero-order chi connectivity index (χ0) is 18.5. The summed E-state index contributed by atoms with van der Waals surface area (Å²) < 4.78 is 19.7. The Bertz CT molecular complexity index is 584. The first-order chi connectivity index (χ1) is 13.3. The second-order valence-corrected chi connectivity index (χ2v) is 9.52. The van der Waals surface area contributed by atoms with Gasteiger partial charge in [-0.3, -0.25) is 0 Å². The second-order valence-electron chi connectivity index (χ2n) is 9.52. The Morgan fingerprint density at radius 2 is 1.52 bits per heavy atom. The van der Waals surface area contributed by atoms with Crippen LogP contribution in [0.3, 0.4) is 0 Å². The van der Waals surface area contributed by atoms with E-state index in [1.165, 1.54) is 89.0 Å². The van der Waals surface area contributed by atoms with E-state index < -0.39 is 0 Å². The zero-order valence-corrected chi connectivity index (χ0v) is 16.9. The standard InChI is InChI=1S/C25H37FO/c26-23-16-14-22-15-17-24(27-25(22)18-23)21-12-10-20(11-13-21)9-5-4-8-19-6-2-1-3-7-19/h14,16,18-21,24H,1-13,15,17H2. The lowest BCUT2D eigenvalue weighted by molar-refractivity contribution is 0.0751. The summed E-state index contributed by atoms with van der Waals surface area (Å²) in [5.41, 5.74) is 1.18. The van der Waals surface area contributed by atoms with Crippen LogP contribution in [0, 0.1) is 23.6 Å². The van der Waals surface area contributed by atoms with Crippen LogP contribution in [0.25, 0.3) is 0 Å². The van der Waals surface area contributed by atoms with Gasteiger partial charge in [0, 0.05) is 6.07 Å². The third-order valence-corrected chi connectivity index (χ3v) is 7.62. The van der Waals surface area contributed by atoms with Gasteiger partial charge in [-0.15, -0.1) is 0 Å². The second kappa shape index (κ2) is 9.43. The number of ether oxygens (including phenoxy) is 1. The Kier molecular flexibility index (Phi) is 6.73. The molecule has 1 aromatic rings. The van der Waals surface area contributed by atoms with E-state index in [1.807, 2.05) is 6.07 Å². The highest BCUT2D eigenvalue weighted by atomic mass is 19.1. The van der Waals surface area contributed by atoms with Gasteiger partial charge in [0.15, 0.2) is 0 Å². The Hall–Kier alpha value is -1.05. The van der Waals surface area contributed by atoms with E-state index in [0.29, 0.717) is 12.0 Å². The van der Waals surface area contributed by atoms with Crippen LogP contribution in [0.15, 0.2) is 18.2 Å². The molecule has 2 saturated carbocycles. The summed E-state index contributed by atoms with van der Waals surface area (Å²) >= 11 is 0. The minimum absolute atomic E-state index is 0.175. The van der Waals surface area contributed by atoms with Crippen molar-refractivity contribution in [3.8, 4) is 5.75 Å². The van der Waals surface area contributed by atoms with Crippen molar-refractivity contribution < 1.29 is 9.13 Å². The van der Waals surface area contributed by atoms with Crippen LogP contribution in [0.1, 0.15) is 95.5 Å². The molecular weight excluding hydrogens is 335 g/mol. The predicted molar refractivity (Wildman–Crippen MR) is 110 cm³/mol. The molecule has 1 aromatic carbocycles. The SMILES string of the molecule is Fc1ccc2c(c1)OC(C1CCC(CCCCC3CCCCC3)CC1)CC2. The topological polar surface area (TPSA) is 9.23 Å². The van der Waals surface area contributed by atoms with Crippen molar-refractivity contribution in [3.05, 3.63) is 29.6 Å². The van der Waals surface area contributed by atoms with Gasteiger partial charge in [0.2, 0.25) is 0 Å². The van der Waals surface area contributed by atoms with E-state index in [9.17, 15) is 4.39 Å².